The van der Waals surface area contributed by atoms with Crippen LogP contribution in [0.2, 0.25) is 6.82 Å². The van der Waals surface area contributed by atoms with E-state index in [0.29, 0.717) is 5.75 Å². The van der Waals surface area contributed by atoms with Crippen molar-refractivity contribution in [2.45, 2.75) is 13.7 Å². The van der Waals surface area contributed by atoms with Crippen LogP contribution in [0, 0.1) is 0 Å². The van der Waals surface area contributed by atoms with Gasteiger partial charge in [0.25, 0.3) is 0 Å². The van der Waals surface area contributed by atoms with Crippen LogP contribution in [-0.2, 0) is 4.79 Å². The minimum atomic E-state index is -1.22. The van der Waals surface area contributed by atoms with Crippen LogP contribution in [0.5, 0.6) is 5.75 Å². The van der Waals surface area contributed by atoms with Crippen LogP contribution < -0.4 is 4.74 Å². The summed E-state index contributed by atoms with van der Waals surface area (Å²) in [6.45, 7) is 7.14. The van der Waals surface area contributed by atoms with Gasteiger partial charge in [-0.25, -0.2) is 4.79 Å². The van der Waals surface area contributed by atoms with E-state index in [4.69, 9.17) is 9.84 Å². The molecule has 0 bridgehead atoms. The summed E-state index contributed by atoms with van der Waals surface area (Å²) in [5, 5.41) is 10.7. The van der Waals surface area contributed by atoms with Crippen molar-refractivity contribution in [3.8, 4) is 17.0 Å². The first-order chi connectivity index (χ1) is 14.8. The number of hydrogen-bond acceptors (Lipinski definition) is 3. The van der Waals surface area contributed by atoms with Crippen LogP contribution in [0.15, 0.2) is 78.2 Å². The highest BCUT2D eigenvalue weighted by Gasteiger charge is 2.18. The van der Waals surface area contributed by atoms with Gasteiger partial charge in [0.2, 0.25) is 0 Å². The number of halogens is 1. The van der Waals surface area contributed by atoms with Crippen LogP contribution in [0.1, 0.15) is 17.5 Å². The minimum absolute atomic E-state index is 0.405. The Kier molecular flexibility index (Phi) is 7.31. The molecular formula is C24H23BFNO3S. The quantitative estimate of drug-likeness (QED) is 0.318. The van der Waals surface area contributed by atoms with Crippen molar-refractivity contribution < 1.29 is 19.0 Å². The zero-order valence-electron chi connectivity index (χ0n) is 17.4. The third-order valence-corrected chi connectivity index (χ3v) is 5.52. The Morgan fingerprint density at radius 2 is 1.97 bits per heavy atom. The Bertz CT molecular complexity index is 1110. The van der Waals surface area contributed by atoms with E-state index in [-0.39, 0.29) is 0 Å². The van der Waals surface area contributed by atoms with E-state index in [1.165, 1.54) is 6.82 Å². The van der Waals surface area contributed by atoms with Gasteiger partial charge in [-0.05, 0) is 84.4 Å². The van der Waals surface area contributed by atoms with Gasteiger partial charge in [-0.15, -0.1) is 11.3 Å². The molecule has 3 rings (SSSR count). The Morgan fingerprint density at radius 1 is 1.23 bits per heavy atom. The molecule has 0 aliphatic rings. The van der Waals surface area contributed by atoms with Crippen molar-refractivity contribution in [1.82, 2.24) is 4.48 Å². The third-order valence-electron chi connectivity index (χ3n) is 4.58. The lowest BCUT2D eigenvalue weighted by Gasteiger charge is -2.12. The molecule has 1 aromatic carbocycles. The van der Waals surface area contributed by atoms with Gasteiger partial charge in [0.1, 0.15) is 5.75 Å². The number of aromatic nitrogens is 1. The van der Waals surface area contributed by atoms with E-state index in [1.807, 2.05) is 54.8 Å². The number of nitrogens with zero attached hydrogens (tertiary/aromatic N) is 1. The smallest absolute Gasteiger partial charge is 0.462 e. The van der Waals surface area contributed by atoms with Crippen molar-refractivity contribution in [3.63, 3.8) is 0 Å². The van der Waals surface area contributed by atoms with E-state index < -0.39 is 19.7 Å². The summed E-state index contributed by atoms with van der Waals surface area (Å²) in [5.41, 5.74) is 4.20. The summed E-state index contributed by atoms with van der Waals surface area (Å²) in [4.78, 5) is 11.7. The molecule has 0 atom stereocenters. The summed E-state index contributed by atoms with van der Waals surface area (Å²) >= 11 is 1.64. The van der Waals surface area contributed by atoms with Gasteiger partial charge in [-0.2, -0.15) is 0 Å². The number of allylic oxidation sites excluding steroid dienone is 4. The van der Waals surface area contributed by atoms with Gasteiger partial charge in [0.05, 0.1) is 0 Å². The molecular weight excluding hydrogens is 412 g/mol. The highest BCUT2D eigenvalue weighted by molar-refractivity contribution is 7.11. The lowest BCUT2D eigenvalue weighted by molar-refractivity contribution is -0.139. The van der Waals surface area contributed by atoms with E-state index in [0.717, 1.165) is 33.0 Å². The number of carbonyl (C=O) groups is 1. The fraction of sp³-hybridized carbons (Fsp3) is 0.125. The van der Waals surface area contributed by atoms with Crippen molar-refractivity contribution in [2.75, 3.05) is 6.61 Å². The van der Waals surface area contributed by atoms with Crippen molar-refractivity contribution in [3.05, 3.63) is 88.8 Å². The average Bonchev–Trinajstić information content (AvgIpc) is 3.41. The van der Waals surface area contributed by atoms with E-state index in [1.54, 1.807) is 40.1 Å². The molecule has 0 unspecified atom stereocenters. The van der Waals surface area contributed by atoms with E-state index in [9.17, 15) is 9.11 Å². The number of carboxylic acid groups (broad SMARTS) is 1. The maximum Gasteiger partial charge on any atom is 0.462 e. The largest absolute Gasteiger partial charge is 0.482 e. The molecule has 0 saturated carbocycles. The zero-order chi connectivity index (χ0) is 22.4. The lowest BCUT2D eigenvalue weighted by Crippen LogP contribution is -2.16. The number of ether oxygens (including phenoxy) is 1. The Morgan fingerprint density at radius 3 is 2.58 bits per heavy atom. The number of rotatable bonds is 9. The number of benzene rings is 1. The normalized spacial score (nSPS) is 11.6. The predicted molar refractivity (Wildman–Crippen MR) is 127 cm³/mol. The first-order valence-electron chi connectivity index (χ1n) is 9.74. The van der Waals surface area contributed by atoms with Crippen LogP contribution in [0.25, 0.3) is 22.9 Å². The number of aliphatic carboxylic acids is 1. The average molecular weight is 435 g/mol. The summed E-state index contributed by atoms with van der Waals surface area (Å²) in [6, 6.07) is 14.7. The molecule has 31 heavy (non-hydrogen) atoms. The first-order valence-corrected chi connectivity index (χ1v) is 10.6. The second-order valence-electron chi connectivity index (χ2n) is 7.02. The highest BCUT2D eigenvalue weighted by Crippen LogP contribution is 2.27. The zero-order valence-corrected chi connectivity index (χ0v) is 18.2. The molecule has 2 aromatic heterocycles. The van der Waals surface area contributed by atoms with Crippen LogP contribution in [0.4, 0.5) is 4.32 Å². The summed E-state index contributed by atoms with van der Waals surface area (Å²) < 4.78 is 21.3. The van der Waals surface area contributed by atoms with Crippen molar-refractivity contribution >= 4 is 36.1 Å². The predicted octanol–water partition coefficient (Wildman–Crippen LogP) is 6.29. The van der Waals surface area contributed by atoms with Gasteiger partial charge in [-0.1, -0.05) is 24.8 Å². The Labute approximate surface area is 185 Å². The van der Waals surface area contributed by atoms with Crippen LogP contribution in [-0.4, -0.2) is 29.3 Å². The molecule has 3 aromatic rings. The van der Waals surface area contributed by atoms with E-state index in [2.05, 4.69) is 6.58 Å². The van der Waals surface area contributed by atoms with Gasteiger partial charge >= 0.3 is 13.1 Å². The molecule has 1 N–H and O–H groups in total. The monoisotopic (exact) mass is 435 g/mol. The van der Waals surface area contributed by atoms with Crippen LogP contribution >= 0.6 is 11.3 Å². The summed E-state index contributed by atoms with van der Waals surface area (Å²) in [5.74, 6) is -0.589. The summed E-state index contributed by atoms with van der Waals surface area (Å²) in [7, 11) is -1.22. The number of thiophene rings is 1. The standard InChI is InChI=1S/C24H23BFNO3S/c1-17(6-7-18(2)23-5-4-14-31-23)15-20-10-13-22(27(20)25(3)26)19-8-11-21(12-9-19)30-16-24(28)29/h4-15H,2,16H2,1,3H3,(H,28,29)/b7-6-,17-15+. The third kappa shape index (κ3) is 5.86. The lowest BCUT2D eigenvalue weighted by atomic mass is 9.90. The molecule has 158 valence electrons. The second-order valence-corrected chi connectivity index (χ2v) is 7.97. The van der Waals surface area contributed by atoms with Gasteiger partial charge in [-0.3, -0.25) is 0 Å². The fourth-order valence-corrected chi connectivity index (χ4v) is 3.82. The number of hydrogen-bond donors (Lipinski definition) is 1. The Hall–Kier alpha value is -3.32. The van der Waals surface area contributed by atoms with Crippen LogP contribution in [0.3, 0.4) is 0 Å². The molecule has 0 radical (unpaired) electrons. The molecule has 7 heteroatoms. The minimum Gasteiger partial charge on any atom is -0.482 e. The van der Waals surface area contributed by atoms with Crippen molar-refractivity contribution in [1.29, 1.82) is 0 Å². The van der Waals surface area contributed by atoms with Gasteiger partial charge < -0.3 is 18.6 Å². The molecule has 0 spiro atoms. The number of carboxylic acids is 1. The topological polar surface area (TPSA) is 51.5 Å². The van der Waals surface area contributed by atoms with Gasteiger partial charge in [0.15, 0.2) is 6.61 Å². The highest BCUT2D eigenvalue weighted by atomic mass is 32.1. The molecule has 4 nitrogen and oxygen atoms in total. The first kappa shape index (κ1) is 22.4. The molecule has 0 saturated heterocycles. The summed E-state index contributed by atoms with van der Waals surface area (Å²) in [6.07, 6.45) is 5.86. The maximum atomic E-state index is 14.5. The molecule has 2 heterocycles. The maximum absolute atomic E-state index is 14.5. The molecule has 0 aliphatic carbocycles. The second kappa shape index (κ2) is 10.1. The Balaban J connectivity index is 1.82. The molecule has 0 fully saturated rings. The molecule has 0 aliphatic heterocycles. The van der Waals surface area contributed by atoms with Gasteiger partial charge in [0, 0.05) is 16.3 Å². The SMILES string of the molecule is C=C(/C=C\C(C)=C\c1ccc(-c2ccc(OCC(=O)O)cc2)n1B(C)F)c1cccs1. The van der Waals surface area contributed by atoms with E-state index >= 15 is 0 Å². The molecule has 0 amide bonds. The van der Waals surface area contributed by atoms with Crippen molar-refractivity contribution in [2.24, 2.45) is 0 Å². The fourth-order valence-electron chi connectivity index (χ4n) is 3.14.